The number of aryl methyl sites for hydroxylation is 4. The largest absolute Gasteiger partial charge is 0.339 e. The van der Waals surface area contributed by atoms with E-state index in [2.05, 4.69) is 0 Å². The van der Waals surface area contributed by atoms with Crippen LogP contribution in [0.2, 0.25) is 0 Å². The van der Waals surface area contributed by atoms with Gasteiger partial charge in [0.05, 0.1) is 0 Å². The first-order valence-electron chi connectivity index (χ1n) is 6.97. The summed E-state index contributed by atoms with van der Waals surface area (Å²) in [5, 5.41) is 0. The molecule has 0 saturated heterocycles. The number of benzene rings is 2. The van der Waals surface area contributed by atoms with Crippen molar-refractivity contribution in [2.45, 2.75) is 39.5 Å². The minimum atomic E-state index is -4.27. The molecule has 2 rings (SSSR count). The van der Waals surface area contributed by atoms with Crippen LogP contribution in [0, 0.1) is 27.7 Å². The standard InChI is InChI=1S/C18H18F4/c1-11-5-12(2)8-15(7-11)17(19,20)18(21,22)16-9-13(3)6-14(4)10-16/h5-10H,1-4H3. The van der Waals surface area contributed by atoms with Gasteiger partial charge < -0.3 is 0 Å². The highest BCUT2D eigenvalue weighted by atomic mass is 19.3. The van der Waals surface area contributed by atoms with E-state index in [4.69, 9.17) is 0 Å². The minimum absolute atomic E-state index is 0.533. The van der Waals surface area contributed by atoms with Crippen molar-refractivity contribution in [1.29, 1.82) is 0 Å². The van der Waals surface area contributed by atoms with Gasteiger partial charge in [-0.25, -0.2) is 0 Å². The average molecular weight is 310 g/mol. The van der Waals surface area contributed by atoms with E-state index in [1.165, 1.54) is 0 Å². The summed E-state index contributed by atoms with van der Waals surface area (Å²) in [6, 6.07) is 7.81. The predicted octanol–water partition coefficient (Wildman–Crippen LogP) is 5.80. The van der Waals surface area contributed by atoms with Gasteiger partial charge in [0, 0.05) is 11.1 Å². The van der Waals surface area contributed by atoms with Gasteiger partial charge in [0.2, 0.25) is 0 Å². The van der Waals surface area contributed by atoms with Crippen molar-refractivity contribution in [3.63, 3.8) is 0 Å². The lowest BCUT2D eigenvalue weighted by atomic mass is 9.92. The van der Waals surface area contributed by atoms with Crippen LogP contribution in [0.3, 0.4) is 0 Å². The fourth-order valence-corrected chi connectivity index (χ4v) is 2.67. The summed E-state index contributed by atoms with van der Waals surface area (Å²) in [5.74, 6) is -8.55. The molecule has 0 aliphatic rings. The Morgan fingerprint density at radius 3 is 0.955 bits per heavy atom. The SMILES string of the molecule is Cc1cc(C)cc(C(F)(F)C(F)(F)c2cc(C)cc(C)c2)c1. The van der Waals surface area contributed by atoms with Crippen molar-refractivity contribution in [1.82, 2.24) is 0 Å². The molecule has 0 nitrogen and oxygen atoms in total. The van der Waals surface area contributed by atoms with Crippen LogP contribution in [0.4, 0.5) is 17.6 Å². The zero-order valence-electron chi connectivity index (χ0n) is 13.0. The second-order valence-corrected chi connectivity index (χ2v) is 5.90. The summed E-state index contributed by atoms with van der Waals surface area (Å²) in [4.78, 5) is 0. The Labute approximate surface area is 127 Å². The lowest BCUT2D eigenvalue weighted by molar-refractivity contribution is -0.223. The van der Waals surface area contributed by atoms with Crippen LogP contribution in [-0.2, 0) is 11.8 Å². The first-order chi connectivity index (χ1) is 10.0. The molecule has 0 spiro atoms. The van der Waals surface area contributed by atoms with E-state index in [0.717, 1.165) is 24.3 Å². The second-order valence-electron chi connectivity index (χ2n) is 5.90. The maximum Gasteiger partial charge on any atom is 0.339 e. The maximum absolute atomic E-state index is 14.5. The molecule has 0 N–H and O–H groups in total. The predicted molar refractivity (Wildman–Crippen MR) is 79.6 cm³/mol. The zero-order chi connectivity index (χ0) is 16.7. The monoisotopic (exact) mass is 310 g/mol. The number of halogens is 4. The number of hydrogen-bond acceptors (Lipinski definition) is 0. The molecule has 2 aromatic carbocycles. The van der Waals surface area contributed by atoms with E-state index in [-0.39, 0.29) is 0 Å². The molecule has 0 amide bonds. The lowest BCUT2D eigenvalue weighted by Crippen LogP contribution is -2.36. The van der Waals surface area contributed by atoms with Crippen LogP contribution < -0.4 is 0 Å². The second kappa shape index (κ2) is 5.41. The van der Waals surface area contributed by atoms with Gasteiger partial charge in [-0.1, -0.05) is 34.4 Å². The van der Waals surface area contributed by atoms with Gasteiger partial charge in [-0.3, -0.25) is 0 Å². The summed E-state index contributed by atoms with van der Waals surface area (Å²) in [6.45, 7) is 6.45. The lowest BCUT2D eigenvalue weighted by Gasteiger charge is -2.28. The quantitative estimate of drug-likeness (QED) is 0.628. The molecule has 0 unspecified atom stereocenters. The van der Waals surface area contributed by atoms with Crippen molar-refractivity contribution in [2.75, 3.05) is 0 Å². The van der Waals surface area contributed by atoms with Crippen LogP contribution in [0.15, 0.2) is 36.4 Å². The molecule has 0 fully saturated rings. The molecule has 2 aromatic rings. The van der Waals surface area contributed by atoms with Gasteiger partial charge in [0.1, 0.15) is 0 Å². The summed E-state index contributed by atoms with van der Waals surface area (Å²) in [6.07, 6.45) is 0. The summed E-state index contributed by atoms with van der Waals surface area (Å²) >= 11 is 0. The molecule has 4 heteroatoms. The van der Waals surface area contributed by atoms with Crippen LogP contribution in [-0.4, -0.2) is 0 Å². The zero-order valence-corrected chi connectivity index (χ0v) is 13.0. The van der Waals surface area contributed by atoms with Gasteiger partial charge in [-0.15, -0.1) is 0 Å². The third-order valence-electron chi connectivity index (χ3n) is 3.56. The number of rotatable bonds is 3. The first kappa shape index (κ1) is 16.5. The van der Waals surface area contributed by atoms with Gasteiger partial charge in [0.15, 0.2) is 0 Å². The summed E-state index contributed by atoms with van der Waals surface area (Å²) in [7, 11) is 0. The van der Waals surface area contributed by atoms with Gasteiger partial charge in [-0.2, -0.15) is 17.6 Å². The molecule has 22 heavy (non-hydrogen) atoms. The Balaban J connectivity index is 2.58. The molecule has 0 heterocycles. The molecule has 0 aliphatic carbocycles. The number of alkyl halides is 4. The van der Waals surface area contributed by atoms with Crippen LogP contribution >= 0.6 is 0 Å². The molecule has 0 aliphatic heterocycles. The van der Waals surface area contributed by atoms with Crippen molar-refractivity contribution >= 4 is 0 Å². The molecule has 0 radical (unpaired) electrons. The van der Waals surface area contributed by atoms with E-state index in [1.54, 1.807) is 39.8 Å². The Morgan fingerprint density at radius 1 is 0.500 bits per heavy atom. The topological polar surface area (TPSA) is 0 Å². The van der Waals surface area contributed by atoms with E-state index < -0.39 is 23.0 Å². The first-order valence-corrected chi connectivity index (χ1v) is 6.97. The normalized spacial score (nSPS) is 12.5. The minimum Gasteiger partial charge on any atom is -0.194 e. The Bertz CT molecular complexity index is 600. The fraction of sp³-hybridized carbons (Fsp3) is 0.333. The number of hydrogen-bond donors (Lipinski definition) is 0. The summed E-state index contributed by atoms with van der Waals surface area (Å²) < 4.78 is 58.0. The fourth-order valence-electron chi connectivity index (χ4n) is 2.67. The molecule has 0 saturated carbocycles. The van der Waals surface area contributed by atoms with E-state index in [9.17, 15) is 17.6 Å². The highest BCUT2D eigenvalue weighted by molar-refractivity contribution is 5.38. The van der Waals surface area contributed by atoms with Crippen molar-refractivity contribution in [2.24, 2.45) is 0 Å². The average Bonchev–Trinajstić information content (AvgIpc) is 2.36. The molecule has 0 bridgehead atoms. The van der Waals surface area contributed by atoms with Gasteiger partial charge >= 0.3 is 11.8 Å². The van der Waals surface area contributed by atoms with Crippen LogP contribution in [0.1, 0.15) is 33.4 Å². The van der Waals surface area contributed by atoms with Crippen LogP contribution in [0.25, 0.3) is 0 Å². The smallest absolute Gasteiger partial charge is 0.194 e. The third-order valence-corrected chi connectivity index (χ3v) is 3.56. The molecule has 118 valence electrons. The van der Waals surface area contributed by atoms with Crippen LogP contribution in [0.5, 0.6) is 0 Å². The van der Waals surface area contributed by atoms with E-state index in [1.807, 2.05) is 0 Å². The Hall–Kier alpha value is -1.84. The van der Waals surface area contributed by atoms with Crippen molar-refractivity contribution < 1.29 is 17.6 Å². The van der Waals surface area contributed by atoms with Gasteiger partial charge in [-0.05, 0) is 52.0 Å². The molecule has 0 aromatic heterocycles. The third kappa shape index (κ3) is 2.87. The van der Waals surface area contributed by atoms with Crippen molar-refractivity contribution in [3.05, 3.63) is 69.8 Å². The van der Waals surface area contributed by atoms with E-state index >= 15 is 0 Å². The summed E-state index contributed by atoms with van der Waals surface area (Å²) in [5.41, 5.74) is 0.817. The Kier molecular flexibility index (Phi) is 4.07. The maximum atomic E-state index is 14.5. The Morgan fingerprint density at radius 2 is 0.727 bits per heavy atom. The van der Waals surface area contributed by atoms with E-state index in [0.29, 0.717) is 22.3 Å². The highest BCUT2D eigenvalue weighted by Crippen LogP contribution is 2.50. The highest BCUT2D eigenvalue weighted by Gasteiger charge is 2.58. The molecule has 0 atom stereocenters. The molecular formula is C18H18F4. The van der Waals surface area contributed by atoms with Crippen molar-refractivity contribution in [3.8, 4) is 0 Å². The van der Waals surface area contributed by atoms with Gasteiger partial charge in [0.25, 0.3) is 0 Å². The molecular weight excluding hydrogens is 292 g/mol.